The molecule has 0 aliphatic heterocycles. The third kappa shape index (κ3) is 7.82. The van der Waals surface area contributed by atoms with Crippen molar-refractivity contribution in [3.05, 3.63) is 0 Å². The van der Waals surface area contributed by atoms with Crippen molar-refractivity contribution in [2.24, 2.45) is 5.73 Å². The van der Waals surface area contributed by atoms with Gasteiger partial charge in [-0.25, -0.2) is 0 Å². The second-order valence-corrected chi connectivity index (χ2v) is 2.79. The lowest BCUT2D eigenvalue weighted by Gasteiger charge is -2.04. The second-order valence-electron chi connectivity index (χ2n) is 2.79. The van der Waals surface area contributed by atoms with Gasteiger partial charge in [0.2, 0.25) is 0 Å². The van der Waals surface area contributed by atoms with E-state index in [1.165, 1.54) is 12.8 Å². The van der Waals surface area contributed by atoms with Gasteiger partial charge in [0, 0.05) is 0 Å². The van der Waals surface area contributed by atoms with Crippen LogP contribution in [0.1, 0.15) is 39.0 Å². The molecule has 0 saturated heterocycles. The molecule has 0 fully saturated rings. The summed E-state index contributed by atoms with van der Waals surface area (Å²) < 4.78 is 0. The Morgan fingerprint density at radius 1 is 1.42 bits per heavy atom. The van der Waals surface area contributed by atoms with Gasteiger partial charge in [-0.3, -0.25) is 4.79 Å². The minimum Gasteiger partial charge on any atom is -0.480 e. The molecule has 3 N–H and O–H groups in total. The first-order chi connectivity index (χ1) is 5.18. The van der Waals surface area contributed by atoms with Crippen molar-refractivity contribution in [3.8, 4) is 0 Å². The number of carbonyl (C=O) groups is 1. The maximum Gasteiger partial charge on any atom is 0.320 e. The number of nitrogens with two attached hydrogens (primary N) is 1. The number of hydrogen-bond acceptors (Lipinski definition) is 2. The van der Waals surface area contributed by atoms with Crippen LogP contribution in [0.15, 0.2) is 0 Å². The molecular weight excluding hydrogens is 178 g/mol. The minimum atomic E-state index is -0.888. The highest BCUT2D eigenvalue weighted by atomic mass is 35.5. The van der Waals surface area contributed by atoms with E-state index in [0.29, 0.717) is 6.42 Å². The van der Waals surface area contributed by atoms with Gasteiger partial charge in [-0.05, 0) is 6.42 Å². The van der Waals surface area contributed by atoms with Gasteiger partial charge in [-0.15, -0.1) is 12.4 Å². The standard InChI is InChI=1S/C8H17NO2.ClH/c1-2-3-4-5-6-7(9)8(10)11;/h7H,2-6,9H2,1H3,(H,10,11);1H. The Hall–Kier alpha value is -0.280. The molecule has 0 saturated carbocycles. The molecule has 0 aromatic heterocycles. The predicted octanol–water partition coefficient (Wildman–Crippen LogP) is 1.79. The summed E-state index contributed by atoms with van der Waals surface area (Å²) in [7, 11) is 0. The summed E-state index contributed by atoms with van der Waals surface area (Å²) in [6.45, 7) is 2.12. The van der Waals surface area contributed by atoms with Crippen LogP contribution in [-0.2, 0) is 4.79 Å². The number of carboxylic acid groups (broad SMARTS) is 1. The molecule has 0 radical (unpaired) electrons. The van der Waals surface area contributed by atoms with E-state index in [2.05, 4.69) is 6.92 Å². The van der Waals surface area contributed by atoms with Crippen molar-refractivity contribution < 1.29 is 9.90 Å². The molecule has 0 aromatic carbocycles. The first-order valence-corrected chi connectivity index (χ1v) is 4.17. The molecule has 12 heavy (non-hydrogen) atoms. The average Bonchev–Trinajstić information content (AvgIpc) is 1.97. The molecule has 74 valence electrons. The van der Waals surface area contributed by atoms with E-state index in [1.807, 2.05) is 0 Å². The second kappa shape index (κ2) is 8.81. The van der Waals surface area contributed by atoms with Crippen molar-refractivity contribution in [2.45, 2.75) is 45.1 Å². The van der Waals surface area contributed by atoms with Crippen LogP contribution in [-0.4, -0.2) is 17.1 Å². The molecule has 1 atom stereocenters. The molecule has 0 amide bonds. The summed E-state index contributed by atoms with van der Waals surface area (Å²) >= 11 is 0. The van der Waals surface area contributed by atoms with Crippen molar-refractivity contribution in [3.63, 3.8) is 0 Å². The summed E-state index contributed by atoms with van der Waals surface area (Å²) in [6, 6.07) is -0.660. The molecule has 0 aromatic rings. The van der Waals surface area contributed by atoms with Crippen LogP contribution in [0, 0.1) is 0 Å². The van der Waals surface area contributed by atoms with E-state index in [-0.39, 0.29) is 12.4 Å². The van der Waals surface area contributed by atoms with Gasteiger partial charge in [0.05, 0.1) is 0 Å². The monoisotopic (exact) mass is 195 g/mol. The van der Waals surface area contributed by atoms with Gasteiger partial charge in [-0.1, -0.05) is 32.6 Å². The molecule has 4 heteroatoms. The van der Waals surface area contributed by atoms with Crippen LogP contribution in [0.4, 0.5) is 0 Å². The van der Waals surface area contributed by atoms with Gasteiger partial charge < -0.3 is 10.8 Å². The van der Waals surface area contributed by atoms with Crippen molar-refractivity contribution in [2.75, 3.05) is 0 Å². The summed E-state index contributed by atoms with van der Waals surface area (Å²) in [5, 5.41) is 8.41. The molecule has 0 spiro atoms. The number of carboxylic acids is 1. The largest absolute Gasteiger partial charge is 0.480 e. The first-order valence-electron chi connectivity index (χ1n) is 4.17. The Bertz CT molecular complexity index is 120. The number of rotatable bonds is 6. The Morgan fingerprint density at radius 2 is 2.00 bits per heavy atom. The smallest absolute Gasteiger partial charge is 0.320 e. The van der Waals surface area contributed by atoms with Crippen LogP contribution in [0.3, 0.4) is 0 Å². The van der Waals surface area contributed by atoms with Crippen LogP contribution in [0.2, 0.25) is 0 Å². The van der Waals surface area contributed by atoms with E-state index in [4.69, 9.17) is 10.8 Å². The van der Waals surface area contributed by atoms with Crippen molar-refractivity contribution in [1.82, 2.24) is 0 Å². The van der Waals surface area contributed by atoms with Gasteiger partial charge in [-0.2, -0.15) is 0 Å². The zero-order valence-corrected chi connectivity index (χ0v) is 8.27. The fraction of sp³-hybridized carbons (Fsp3) is 0.875. The lowest BCUT2D eigenvalue weighted by molar-refractivity contribution is -0.138. The van der Waals surface area contributed by atoms with Crippen LogP contribution >= 0.6 is 12.4 Å². The van der Waals surface area contributed by atoms with E-state index >= 15 is 0 Å². The van der Waals surface area contributed by atoms with Crippen LogP contribution in [0.5, 0.6) is 0 Å². The zero-order chi connectivity index (χ0) is 8.69. The fourth-order valence-electron chi connectivity index (χ4n) is 0.915. The summed E-state index contributed by atoms with van der Waals surface area (Å²) in [6.07, 6.45) is 4.97. The molecule has 0 aliphatic carbocycles. The highest BCUT2D eigenvalue weighted by Crippen LogP contribution is 2.03. The van der Waals surface area contributed by atoms with Crippen molar-refractivity contribution >= 4 is 18.4 Å². The SMILES string of the molecule is CCCCCCC(N)C(=O)O.Cl. The van der Waals surface area contributed by atoms with E-state index < -0.39 is 12.0 Å². The predicted molar refractivity (Wildman–Crippen MR) is 51.6 cm³/mol. The maximum absolute atomic E-state index is 10.2. The lowest BCUT2D eigenvalue weighted by Crippen LogP contribution is -2.29. The Balaban J connectivity index is 0. The molecule has 1 unspecified atom stereocenters. The summed E-state index contributed by atoms with van der Waals surface area (Å²) in [5.74, 6) is -0.888. The van der Waals surface area contributed by atoms with Crippen molar-refractivity contribution in [1.29, 1.82) is 0 Å². The van der Waals surface area contributed by atoms with Gasteiger partial charge >= 0.3 is 5.97 Å². The quantitative estimate of drug-likeness (QED) is 0.636. The minimum absolute atomic E-state index is 0. The van der Waals surface area contributed by atoms with Crippen LogP contribution in [0.25, 0.3) is 0 Å². The molecule has 0 rings (SSSR count). The fourth-order valence-corrected chi connectivity index (χ4v) is 0.915. The number of hydrogen-bond donors (Lipinski definition) is 2. The molecule has 0 aliphatic rings. The zero-order valence-electron chi connectivity index (χ0n) is 7.45. The van der Waals surface area contributed by atoms with Crippen LogP contribution < -0.4 is 5.73 Å². The Labute approximate surface area is 79.7 Å². The van der Waals surface area contributed by atoms with E-state index in [0.717, 1.165) is 12.8 Å². The highest BCUT2D eigenvalue weighted by molar-refractivity contribution is 5.85. The molecular formula is C8H18ClNO2. The normalized spacial score (nSPS) is 11.8. The third-order valence-corrected chi connectivity index (χ3v) is 1.69. The topological polar surface area (TPSA) is 63.3 Å². The molecule has 3 nitrogen and oxygen atoms in total. The summed E-state index contributed by atoms with van der Waals surface area (Å²) in [5.41, 5.74) is 5.30. The first kappa shape index (κ1) is 14.3. The number of unbranched alkanes of at least 4 members (excludes halogenated alkanes) is 3. The molecule has 0 heterocycles. The lowest BCUT2D eigenvalue weighted by atomic mass is 10.1. The number of halogens is 1. The van der Waals surface area contributed by atoms with Gasteiger partial charge in [0.25, 0.3) is 0 Å². The van der Waals surface area contributed by atoms with Gasteiger partial charge in [0.15, 0.2) is 0 Å². The van der Waals surface area contributed by atoms with E-state index in [1.54, 1.807) is 0 Å². The summed E-state index contributed by atoms with van der Waals surface area (Å²) in [4.78, 5) is 10.2. The van der Waals surface area contributed by atoms with Gasteiger partial charge in [0.1, 0.15) is 6.04 Å². The highest BCUT2D eigenvalue weighted by Gasteiger charge is 2.09. The number of aliphatic carboxylic acids is 1. The molecule has 0 bridgehead atoms. The third-order valence-electron chi connectivity index (χ3n) is 1.69. The van der Waals surface area contributed by atoms with E-state index in [9.17, 15) is 4.79 Å². The maximum atomic E-state index is 10.2. The Morgan fingerprint density at radius 3 is 2.42 bits per heavy atom. The average molecular weight is 196 g/mol. The Kier molecular flexibility index (Phi) is 10.5.